The molecule has 0 aliphatic rings. The summed E-state index contributed by atoms with van der Waals surface area (Å²) in [5.41, 5.74) is 1.70. The van der Waals surface area contributed by atoms with E-state index in [4.69, 9.17) is 16.0 Å². The standard InChI is InChI=1S/C12H14ClN3OS/c1-6(2)10-15-9(13)8(4)11(16-10)18-12-14-7(3)5-17-12/h5-6H,1-4H3. The maximum atomic E-state index is 6.12. The SMILES string of the molecule is Cc1coc(Sc2nc(C(C)C)nc(Cl)c2C)n1. The molecule has 0 saturated carbocycles. The van der Waals surface area contributed by atoms with Crippen molar-refractivity contribution in [3.63, 3.8) is 0 Å². The fourth-order valence-electron chi connectivity index (χ4n) is 1.31. The fraction of sp³-hybridized carbons (Fsp3) is 0.417. The van der Waals surface area contributed by atoms with Gasteiger partial charge in [-0.25, -0.2) is 15.0 Å². The molecule has 2 rings (SSSR count). The van der Waals surface area contributed by atoms with Gasteiger partial charge in [0.15, 0.2) is 0 Å². The normalized spacial score (nSPS) is 11.2. The van der Waals surface area contributed by atoms with E-state index in [-0.39, 0.29) is 5.92 Å². The Kier molecular flexibility index (Phi) is 3.92. The third-order valence-electron chi connectivity index (χ3n) is 2.36. The molecule has 0 fully saturated rings. The van der Waals surface area contributed by atoms with Gasteiger partial charge >= 0.3 is 0 Å². The van der Waals surface area contributed by atoms with E-state index >= 15 is 0 Å². The van der Waals surface area contributed by atoms with Crippen molar-refractivity contribution in [1.29, 1.82) is 0 Å². The zero-order valence-corrected chi connectivity index (χ0v) is 12.3. The van der Waals surface area contributed by atoms with Crippen LogP contribution in [0.15, 0.2) is 20.9 Å². The highest BCUT2D eigenvalue weighted by Gasteiger charge is 2.14. The molecular formula is C12H14ClN3OS. The highest BCUT2D eigenvalue weighted by atomic mass is 35.5. The summed E-state index contributed by atoms with van der Waals surface area (Å²) < 4.78 is 5.31. The Morgan fingerprint density at radius 1 is 1.22 bits per heavy atom. The van der Waals surface area contributed by atoms with Crippen LogP contribution in [0, 0.1) is 13.8 Å². The van der Waals surface area contributed by atoms with Crippen molar-refractivity contribution in [2.45, 2.75) is 43.9 Å². The van der Waals surface area contributed by atoms with Crippen LogP contribution in [0.5, 0.6) is 0 Å². The quantitative estimate of drug-likeness (QED) is 0.797. The monoisotopic (exact) mass is 283 g/mol. The lowest BCUT2D eigenvalue weighted by Crippen LogP contribution is -2.01. The van der Waals surface area contributed by atoms with Gasteiger partial charge < -0.3 is 4.42 Å². The predicted octanol–water partition coefficient (Wildman–Crippen LogP) is 4.01. The van der Waals surface area contributed by atoms with Crippen molar-refractivity contribution >= 4 is 23.4 Å². The molecule has 0 aliphatic heterocycles. The van der Waals surface area contributed by atoms with Crippen molar-refractivity contribution in [1.82, 2.24) is 15.0 Å². The van der Waals surface area contributed by atoms with E-state index in [1.165, 1.54) is 11.8 Å². The predicted molar refractivity (Wildman–Crippen MR) is 71.2 cm³/mol. The maximum absolute atomic E-state index is 6.12. The van der Waals surface area contributed by atoms with Gasteiger partial charge in [0.1, 0.15) is 22.3 Å². The molecule has 0 N–H and O–H groups in total. The van der Waals surface area contributed by atoms with Crippen molar-refractivity contribution in [2.24, 2.45) is 0 Å². The minimum absolute atomic E-state index is 0.230. The molecule has 0 spiro atoms. The van der Waals surface area contributed by atoms with E-state index in [1.54, 1.807) is 6.26 Å². The first-order chi connectivity index (χ1) is 8.47. The highest BCUT2D eigenvalue weighted by molar-refractivity contribution is 7.99. The Hall–Kier alpha value is -1.07. The molecule has 0 saturated heterocycles. The molecule has 0 unspecified atom stereocenters. The smallest absolute Gasteiger partial charge is 0.262 e. The topological polar surface area (TPSA) is 51.8 Å². The van der Waals surface area contributed by atoms with Crippen LogP contribution < -0.4 is 0 Å². The van der Waals surface area contributed by atoms with Crippen LogP contribution in [0.4, 0.5) is 0 Å². The van der Waals surface area contributed by atoms with E-state index < -0.39 is 0 Å². The Balaban J connectivity index is 2.37. The van der Waals surface area contributed by atoms with E-state index in [1.807, 2.05) is 27.7 Å². The minimum Gasteiger partial charge on any atom is -0.439 e. The number of aryl methyl sites for hydroxylation is 1. The molecule has 0 atom stereocenters. The second-order valence-electron chi connectivity index (χ2n) is 4.31. The van der Waals surface area contributed by atoms with E-state index in [2.05, 4.69) is 15.0 Å². The third kappa shape index (κ3) is 2.84. The van der Waals surface area contributed by atoms with Gasteiger partial charge in [0.25, 0.3) is 5.22 Å². The van der Waals surface area contributed by atoms with E-state index in [0.717, 1.165) is 22.1 Å². The van der Waals surface area contributed by atoms with Gasteiger partial charge in [-0.05, 0) is 25.6 Å². The summed E-state index contributed by atoms with van der Waals surface area (Å²) in [7, 11) is 0. The van der Waals surface area contributed by atoms with Gasteiger partial charge in [0.2, 0.25) is 0 Å². The third-order valence-corrected chi connectivity index (χ3v) is 3.68. The largest absolute Gasteiger partial charge is 0.439 e. The van der Waals surface area contributed by atoms with Crippen LogP contribution >= 0.6 is 23.4 Å². The Labute approximate surface area is 115 Å². The molecule has 2 heterocycles. The summed E-state index contributed by atoms with van der Waals surface area (Å²) in [5.74, 6) is 0.963. The van der Waals surface area contributed by atoms with Crippen LogP contribution in [0.3, 0.4) is 0 Å². The summed E-state index contributed by atoms with van der Waals surface area (Å²) in [6, 6.07) is 0. The molecule has 0 radical (unpaired) electrons. The van der Waals surface area contributed by atoms with Crippen LogP contribution in [0.2, 0.25) is 5.15 Å². The molecule has 96 valence electrons. The van der Waals surface area contributed by atoms with Crippen LogP contribution in [-0.2, 0) is 0 Å². The van der Waals surface area contributed by atoms with Gasteiger partial charge in [-0.3, -0.25) is 0 Å². The number of hydrogen-bond donors (Lipinski definition) is 0. The Bertz CT molecular complexity index is 568. The number of oxazole rings is 1. The van der Waals surface area contributed by atoms with Crippen LogP contribution in [-0.4, -0.2) is 15.0 Å². The average Bonchev–Trinajstić information content (AvgIpc) is 2.70. The van der Waals surface area contributed by atoms with Gasteiger partial charge in [-0.15, -0.1) is 0 Å². The highest BCUT2D eigenvalue weighted by Crippen LogP contribution is 2.31. The Morgan fingerprint density at radius 3 is 2.50 bits per heavy atom. The molecule has 0 amide bonds. The van der Waals surface area contributed by atoms with Gasteiger partial charge in [0.05, 0.1) is 5.69 Å². The van der Waals surface area contributed by atoms with Crippen LogP contribution in [0.25, 0.3) is 0 Å². The molecule has 0 bridgehead atoms. The van der Waals surface area contributed by atoms with E-state index in [0.29, 0.717) is 10.4 Å². The van der Waals surface area contributed by atoms with Gasteiger partial charge in [-0.1, -0.05) is 25.4 Å². The molecule has 0 aliphatic carbocycles. The van der Waals surface area contributed by atoms with Gasteiger partial charge in [0, 0.05) is 11.5 Å². The molecule has 4 nitrogen and oxygen atoms in total. The zero-order valence-electron chi connectivity index (χ0n) is 10.7. The summed E-state index contributed by atoms with van der Waals surface area (Å²) in [6.45, 7) is 7.84. The minimum atomic E-state index is 0.230. The Morgan fingerprint density at radius 2 is 1.94 bits per heavy atom. The first-order valence-corrected chi connectivity index (χ1v) is 6.81. The van der Waals surface area contributed by atoms with Crippen LogP contribution in [0.1, 0.15) is 36.8 Å². The molecule has 2 aromatic rings. The number of halogens is 1. The van der Waals surface area contributed by atoms with Crippen molar-refractivity contribution in [3.05, 3.63) is 28.5 Å². The molecule has 6 heteroatoms. The molecule has 0 aromatic carbocycles. The fourth-order valence-corrected chi connectivity index (χ4v) is 2.38. The molecular weight excluding hydrogens is 270 g/mol. The number of aromatic nitrogens is 3. The lowest BCUT2D eigenvalue weighted by atomic mass is 10.2. The summed E-state index contributed by atoms with van der Waals surface area (Å²) in [4.78, 5) is 13.0. The number of hydrogen-bond acceptors (Lipinski definition) is 5. The summed E-state index contributed by atoms with van der Waals surface area (Å²) in [5, 5.41) is 1.85. The summed E-state index contributed by atoms with van der Waals surface area (Å²) in [6.07, 6.45) is 1.61. The second-order valence-corrected chi connectivity index (χ2v) is 5.61. The van der Waals surface area contributed by atoms with Crippen molar-refractivity contribution in [3.8, 4) is 0 Å². The zero-order chi connectivity index (χ0) is 13.3. The first-order valence-electron chi connectivity index (χ1n) is 5.61. The lowest BCUT2D eigenvalue weighted by Gasteiger charge is -2.09. The summed E-state index contributed by atoms with van der Waals surface area (Å²) >= 11 is 7.49. The lowest BCUT2D eigenvalue weighted by molar-refractivity contribution is 0.453. The maximum Gasteiger partial charge on any atom is 0.262 e. The average molecular weight is 284 g/mol. The van der Waals surface area contributed by atoms with Crippen molar-refractivity contribution in [2.75, 3.05) is 0 Å². The molecule has 2 aromatic heterocycles. The van der Waals surface area contributed by atoms with Crippen molar-refractivity contribution < 1.29 is 4.42 Å². The number of rotatable bonds is 3. The molecule has 18 heavy (non-hydrogen) atoms. The van der Waals surface area contributed by atoms with Gasteiger partial charge in [-0.2, -0.15) is 0 Å². The second kappa shape index (κ2) is 5.28. The first kappa shape index (κ1) is 13.4. The number of nitrogens with zero attached hydrogens (tertiary/aromatic N) is 3. The van der Waals surface area contributed by atoms with E-state index in [9.17, 15) is 0 Å².